The Labute approximate surface area is 109 Å². The first kappa shape index (κ1) is 15.2. The Morgan fingerprint density at radius 2 is 1.89 bits per heavy atom. The van der Waals surface area contributed by atoms with E-state index in [1.54, 1.807) is 6.92 Å². The molecule has 0 bridgehead atoms. The smallest absolute Gasteiger partial charge is 0.306 e. The van der Waals surface area contributed by atoms with Gasteiger partial charge in [0, 0.05) is 12.3 Å². The Bertz CT molecular complexity index is 316. The predicted molar refractivity (Wildman–Crippen MR) is 68.0 cm³/mol. The van der Waals surface area contributed by atoms with E-state index in [1.165, 1.54) is 0 Å². The number of aliphatic hydroxyl groups is 1. The molecule has 4 heteroatoms. The highest BCUT2D eigenvalue weighted by atomic mass is 16.6. The van der Waals surface area contributed by atoms with Crippen molar-refractivity contribution in [3.8, 4) is 0 Å². The molecular formula is C14H24O4. The van der Waals surface area contributed by atoms with Crippen molar-refractivity contribution in [3.05, 3.63) is 0 Å². The van der Waals surface area contributed by atoms with Crippen LogP contribution in [0.4, 0.5) is 0 Å². The van der Waals surface area contributed by atoms with Gasteiger partial charge in [0.2, 0.25) is 0 Å². The second kappa shape index (κ2) is 5.83. The minimum atomic E-state index is -0.466. The predicted octanol–water partition coefficient (Wildman–Crippen LogP) is 2.08. The van der Waals surface area contributed by atoms with Crippen LogP contribution in [0, 0.1) is 11.8 Å². The minimum Gasteiger partial charge on any atom is -0.460 e. The van der Waals surface area contributed by atoms with Crippen molar-refractivity contribution in [2.45, 2.75) is 65.1 Å². The molecule has 1 saturated carbocycles. The lowest BCUT2D eigenvalue weighted by Gasteiger charge is -2.21. The standard InChI is InChI=1S/C14H24O4/c1-9(15)12-8-11(16)7-10(12)5-6-13(17)18-14(2,3)4/h10-12,16H,5-8H2,1-4H3/t10?,11-,12-/m0/s1. The fourth-order valence-electron chi connectivity index (χ4n) is 2.61. The molecule has 0 saturated heterocycles. The molecule has 1 aliphatic carbocycles. The molecule has 104 valence electrons. The third kappa shape index (κ3) is 4.77. The van der Waals surface area contributed by atoms with Crippen LogP contribution in [0.15, 0.2) is 0 Å². The van der Waals surface area contributed by atoms with Crippen LogP contribution in [-0.2, 0) is 14.3 Å². The lowest BCUT2D eigenvalue weighted by atomic mass is 9.89. The summed E-state index contributed by atoms with van der Waals surface area (Å²) in [6.45, 7) is 7.07. The van der Waals surface area contributed by atoms with Crippen LogP contribution in [0.25, 0.3) is 0 Å². The van der Waals surface area contributed by atoms with E-state index in [9.17, 15) is 14.7 Å². The molecule has 0 aromatic carbocycles. The largest absolute Gasteiger partial charge is 0.460 e. The van der Waals surface area contributed by atoms with Crippen LogP contribution < -0.4 is 0 Å². The molecule has 1 rings (SSSR count). The maximum Gasteiger partial charge on any atom is 0.306 e. The van der Waals surface area contributed by atoms with Crippen molar-refractivity contribution in [2.24, 2.45) is 11.8 Å². The molecule has 0 amide bonds. The maximum atomic E-state index is 11.6. The number of hydrogen-bond donors (Lipinski definition) is 1. The summed E-state index contributed by atoms with van der Waals surface area (Å²) in [7, 11) is 0. The van der Waals surface area contributed by atoms with E-state index < -0.39 is 11.7 Å². The van der Waals surface area contributed by atoms with Crippen molar-refractivity contribution in [1.29, 1.82) is 0 Å². The van der Waals surface area contributed by atoms with Gasteiger partial charge in [-0.15, -0.1) is 0 Å². The Kier molecular flexibility index (Phi) is 4.91. The van der Waals surface area contributed by atoms with Crippen molar-refractivity contribution in [3.63, 3.8) is 0 Å². The monoisotopic (exact) mass is 256 g/mol. The molecule has 18 heavy (non-hydrogen) atoms. The third-order valence-corrected chi connectivity index (χ3v) is 3.33. The van der Waals surface area contributed by atoms with Crippen molar-refractivity contribution < 1.29 is 19.4 Å². The summed E-state index contributed by atoms with van der Waals surface area (Å²) < 4.78 is 5.23. The summed E-state index contributed by atoms with van der Waals surface area (Å²) in [4.78, 5) is 23.1. The molecule has 1 N–H and O–H groups in total. The number of ether oxygens (including phenoxy) is 1. The Balaban J connectivity index is 2.43. The quantitative estimate of drug-likeness (QED) is 0.782. The maximum absolute atomic E-state index is 11.6. The number of hydrogen-bond acceptors (Lipinski definition) is 4. The molecule has 3 atom stereocenters. The van der Waals surface area contributed by atoms with Gasteiger partial charge in [0.25, 0.3) is 0 Å². The summed E-state index contributed by atoms with van der Waals surface area (Å²) in [5, 5.41) is 9.60. The molecule has 0 aromatic rings. The molecule has 0 spiro atoms. The zero-order chi connectivity index (χ0) is 13.9. The third-order valence-electron chi connectivity index (χ3n) is 3.33. The van der Waals surface area contributed by atoms with Crippen LogP contribution in [0.3, 0.4) is 0 Å². The van der Waals surface area contributed by atoms with Crippen molar-refractivity contribution in [1.82, 2.24) is 0 Å². The van der Waals surface area contributed by atoms with Crippen LogP contribution in [0.2, 0.25) is 0 Å². The Morgan fingerprint density at radius 3 is 2.39 bits per heavy atom. The van der Waals surface area contributed by atoms with Gasteiger partial charge in [-0.2, -0.15) is 0 Å². The van der Waals surface area contributed by atoms with Gasteiger partial charge in [0.1, 0.15) is 11.4 Å². The number of carbonyl (C=O) groups is 2. The van der Waals surface area contributed by atoms with E-state index in [0.29, 0.717) is 25.7 Å². The Hall–Kier alpha value is -0.900. The number of ketones is 1. The van der Waals surface area contributed by atoms with Gasteiger partial charge in [0.05, 0.1) is 6.10 Å². The molecule has 1 fully saturated rings. The van der Waals surface area contributed by atoms with Crippen molar-refractivity contribution in [2.75, 3.05) is 0 Å². The molecule has 0 aromatic heterocycles. The van der Waals surface area contributed by atoms with E-state index in [0.717, 1.165) is 0 Å². The number of esters is 1. The lowest BCUT2D eigenvalue weighted by molar-refractivity contribution is -0.155. The van der Waals surface area contributed by atoms with E-state index in [2.05, 4.69) is 0 Å². The molecular weight excluding hydrogens is 232 g/mol. The second-order valence-electron chi connectivity index (χ2n) is 6.23. The number of Topliss-reactive ketones (excluding diaryl/α,β-unsaturated/α-hetero) is 1. The summed E-state index contributed by atoms with van der Waals surface area (Å²) in [5.41, 5.74) is -0.466. The summed E-state index contributed by atoms with van der Waals surface area (Å²) >= 11 is 0. The molecule has 1 aliphatic rings. The fourth-order valence-corrected chi connectivity index (χ4v) is 2.61. The number of rotatable bonds is 4. The average Bonchev–Trinajstić information content (AvgIpc) is 2.54. The van der Waals surface area contributed by atoms with Crippen LogP contribution in [0.5, 0.6) is 0 Å². The van der Waals surface area contributed by atoms with E-state index in [4.69, 9.17) is 4.74 Å². The molecule has 0 radical (unpaired) electrons. The van der Waals surface area contributed by atoms with Gasteiger partial charge in [-0.05, 0) is 52.9 Å². The second-order valence-corrected chi connectivity index (χ2v) is 6.23. The van der Waals surface area contributed by atoms with E-state index in [-0.39, 0.29) is 23.6 Å². The van der Waals surface area contributed by atoms with Crippen molar-refractivity contribution >= 4 is 11.8 Å². The molecule has 1 unspecified atom stereocenters. The summed E-state index contributed by atoms with van der Waals surface area (Å²) in [5.74, 6) is -0.0978. The molecule has 4 nitrogen and oxygen atoms in total. The van der Waals surface area contributed by atoms with Gasteiger partial charge in [0.15, 0.2) is 0 Å². The summed E-state index contributed by atoms with van der Waals surface area (Å²) in [6.07, 6.45) is 1.69. The SMILES string of the molecule is CC(=O)[C@@H]1C[C@@H](O)CC1CCC(=O)OC(C)(C)C. The van der Waals surface area contributed by atoms with Gasteiger partial charge in [-0.25, -0.2) is 0 Å². The molecule has 0 heterocycles. The first-order valence-electron chi connectivity index (χ1n) is 6.59. The van der Waals surface area contributed by atoms with Crippen LogP contribution >= 0.6 is 0 Å². The van der Waals surface area contributed by atoms with E-state index >= 15 is 0 Å². The minimum absolute atomic E-state index is 0.0950. The summed E-state index contributed by atoms with van der Waals surface area (Å²) in [6, 6.07) is 0. The fraction of sp³-hybridized carbons (Fsp3) is 0.857. The molecule has 0 aliphatic heterocycles. The lowest BCUT2D eigenvalue weighted by Crippen LogP contribution is -2.24. The van der Waals surface area contributed by atoms with Gasteiger partial charge in [-0.3, -0.25) is 9.59 Å². The zero-order valence-corrected chi connectivity index (χ0v) is 11.7. The first-order chi connectivity index (χ1) is 8.19. The number of aliphatic hydroxyl groups excluding tert-OH is 1. The van der Waals surface area contributed by atoms with Gasteiger partial charge < -0.3 is 9.84 Å². The van der Waals surface area contributed by atoms with Crippen LogP contribution in [0.1, 0.15) is 53.4 Å². The van der Waals surface area contributed by atoms with E-state index in [1.807, 2.05) is 20.8 Å². The first-order valence-corrected chi connectivity index (χ1v) is 6.59. The highest BCUT2D eigenvalue weighted by molar-refractivity contribution is 5.79. The van der Waals surface area contributed by atoms with Crippen LogP contribution in [-0.4, -0.2) is 28.6 Å². The van der Waals surface area contributed by atoms with Gasteiger partial charge >= 0.3 is 5.97 Å². The topological polar surface area (TPSA) is 63.6 Å². The highest BCUT2D eigenvalue weighted by Gasteiger charge is 2.36. The number of carbonyl (C=O) groups excluding carboxylic acids is 2. The normalized spacial score (nSPS) is 28.2. The van der Waals surface area contributed by atoms with Gasteiger partial charge in [-0.1, -0.05) is 0 Å². The zero-order valence-electron chi connectivity index (χ0n) is 11.7. The highest BCUT2D eigenvalue weighted by Crippen LogP contribution is 2.36. The average molecular weight is 256 g/mol. The Morgan fingerprint density at radius 1 is 1.28 bits per heavy atom.